The van der Waals surface area contributed by atoms with Gasteiger partial charge in [-0.3, -0.25) is 0 Å². The molecule has 0 aliphatic rings. The van der Waals surface area contributed by atoms with E-state index in [-0.39, 0.29) is 0 Å². The van der Waals surface area contributed by atoms with Gasteiger partial charge in [0.25, 0.3) is 0 Å². The normalized spacial score (nSPS) is 12.0. The number of fused-ring (bicyclic) bond motifs is 8. The third-order valence-corrected chi connectivity index (χ3v) is 9.20. The standard InChI is InChI=1S/C32H19NS2/c1-3-7-21-15-29-27(13-19(21)5-1)25-11-9-23(17-31(25)34-29)33-24-10-12-26-28-14-20-6-2-4-8-22(20)16-30(28)35-32(26)18-24/h1-18,33H. The molecule has 0 fully saturated rings. The van der Waals surface area contributed by atoms with Crippen molar-refractivity contribution in [2.75, 3.05) is 5.32 Å². The largest absolute Gasteiger partial charge is 0.355 e. The second-order valence-corrected chi connectivity index (χ2v) is 11.3. The molecule has 2 heterocycles. The van der Waals surface area contributed by atoms with E-state index < -0.39 is 0 Å². The van der Waals surface area contributed by atoms with E-state index in [4.69, 9.17) is 0 Å². The van der Waals surface area contributed by atoms with Gasteiger partial charge in [-0.25, -0.2) is 0 Å². The zero-order valence-corrected chi connectivity index (χ0v) is 20.3. The number of hydrogen-bond donors (Lipinski definition) is 1. The fourth-order valence-corrected chi connectivity index (χ4v) is 7.60. The number of anilines is 2. The van der Waals surface area contributed by atoms with Gasteiger partial charge in [0, 0.05) is 51.7 Å². The number of thiophene rings is 2. The molecule has 0 saturated carbocycles. The second kappa shape index (κ2) is 7.29. The fourth-order valence-electron chi connectivity index (χ4n) is 5.25. The summed E-state index contributed by atoms with van der Waals surface area (Å²) in [5.74, 6) is 0. The summed E-state index contributed by atoms with van der Waals surface area (Å²) in [6, 6.07) is 40.0. The molecule has 0 bridgehead atoms. The molecule has 1 nitrogen and oxygen atoms in total. The Morgan fingerprint density at radius 2 is 0.771 bits per heavy atom. The Bertz CT molecular complexity index is 1940. The molecule has 6 aromatic carbocycles. The Morgan fingerprint density at radius 3 is 1.23 bits per heavy atom. The SMILES string of the molecule is c1ccc2cc3c(cc2c1)sc1cc(Nc2ccc4c(c2)sc2cc5ccccc5cc24)ccc13. The zero-order chi connectivity index (χ0) is 22.9. The third kappa shape index (κ3) is 3.06. The molecule has 0 aliphatic heterocycles. The van der Waals surface area contributed by atoms with E-state index in [1.54, 1.807) is 0 Å². The first-order valence-electron chi connectivity index (χ1n) is 11.8. The first-order valence-corrected chi connectivity index (χ1v) is 13.4. The van der Waals surface area contributed by atoms with Crippen LogP contribution < -0.4 is 5.32 Å². The molecule has 0 unspecified atom stereocenters. The Labute approximate surface area is 209 Å². The summed E-state index contributed by atoms with van der Waals surface area (Å²) in [5.41, 5.74) is 2.25. The van der Waals surface area contributed by atoms with Crippen LogP contribution in [0.1, 0.15) is 0 Å². The molecular formula is C32H19NS2. The monoisotopic (exact) mass is 481 g/mol. The van der Waals surface area contributed by atoms with E-state index in [2.05, 4.69) is 115 Å². The van der Waals surface area contributed by atoms with Crippen LogP contribution in [0.3, 0.4) is 0 Å². The molecule has 0 aliphatic carbocycles. The molecule has 164 valence electrons. The average Bonchev–Trinajstić information content (AvgIpc) is 3.42. The van der Waals surface area contributed by atoms with Crippen LogP contribution in [-0.2, 0) is 0 Å². The van der Waals surface area contributed by atoms with Crippen LogP contribution in [0.5, 0.6) is 0 Å². The van der Waals surface area contributed by atoms with E-state index >= 15 is 0 Å². The number of benzene rings is 6. The fraction of sp³-hybridized carbons (Fsp3) is 0. The lowest BCUT2D eigenvalue weighted by Gasteiger charge is -2.07. The van der Waals surface area contributed by atoms with E-state index in [0.717, 1.165) is 11.4 Å². The minimum Gasteiger partial charge on any atom is -0.355 e. The van der Waals surface area contributed by atoms with Gasteiger partial charge in [-0.2, -0.15) is 0 Å². The first-order chi connectivity index (χ1) is 17.3. The highest BCUT2D eigenvalue weighted by Crippen LogP contribution is 2.40. The van der Waals surface area contributed by atoms with Crippen LogP contribution in [0.15, 0.2) is 109 Å². The van der Waals surface area contributed by atoms with Crippen molar-refractivity contribution in [2.45, 2.75) is 0 Å². The zero-order valence-electron chi connectivity index (χ0n) is 18.7. The lowest BCUT2D eigenvalue weighted by atomic mass is 10.1. The van der Waals surface area contributed by atoms with Crippen LogP contribution in [0.2, 0.25) is 0 Å². The van der Waals surface area contributed by atoms with Crippen LogP contribution in [0.25, 0.3) is 61.9 Å². The molecule has 3 heteroatoms. The van der Waals surface area contributed by atoms with Gasteiger partial charge >= 0.3 is 0 Å². The van der Waals surface area contributed by atoms with Crippen molar-refractivity contribution < 1.29 is 0 Å². The smallest absolute Gasteiger partial charge is 0.0398 e. The predicted molar refractivity (Wildman–Crippen MR) is 157 cm³/mol. The van der Waals surface area contributed by atoms with E-state index in [0.29, 0.717) is 0 Å². The van der Waals surface area contributed by atoms with Crippen LogP contribution >= 0.6 is 22.7 Å². The summed E-state index contributed by atoms with van der Waals surface area (Å²) in [5, 5.41) is 14.2. The highest BCUT2D eigenvalue weighted by Gasteiger charge is 2.10. The summed E-state index contributed by atoms with van der Waals surface area (Å²) in [6.07, 6.45) is 0. The van der Waals surface area contributed by atoms with Gasteiger partial charge in [0.15, 0.2) is 0 Å². The summed E-state index contributed by atoms with van der Waals surface area (Å²) in [7, 11) is 0. The quantitative estimate of drug-likeness (QED) is 0.259. The molecule has 0 saturated heterocycles. The van der Waals surface area contributed by atoms with E-state index in [1.807, 2.05) is 22.7 Å². The Kier molecular flexibility index (Phi) is 4.04. The van der Waals surface area contributed by atoms with Crippen molar-refractivity contribution in [2.24, 2.45) is 0 Å². The van der Waals surface area contributed by atoms with Gasteiger partial charge in [0.1, 0.15) is 0 Å². The molecule has 8 aromatic rings. The van der Waals surface area contributed by atoms with Gasteiger partial charge in [0.2, 0.25) is 0 Å². The van der Waals surface area contributed by atoms with Gasteiger partial charge in [-0.1, -0.05) is 60.7 Å². The minimum atomic E-state index is 1.12. The topological polar surface area (TPSA) is 12.0 Å². The molecule has 0 amide bonds. The molecule has 2 aromatic heterocycles. The molecule has 8 rings (SSSR count). The maximum Gasteiger partial charge on any atom is 0.0398 e. The van der Waals surface area contributed by atoms with Crippen LogP contribution in [-0.4, -0.2) is 0 Å². The van der Waals surface area contributed by atoms with E-state index in [9.17, 15) is 0 Å². The van der Waals surface area contributed by atoms with Crippen molar-refractivity contribution in [3.63, 3.8) is 0 Å². The highest BCUT2D eigenvalue weighted by atomic mass is 32.1. The van der Waals surface area contributed by atoms with Gasteiger partial charge < -0.3 is 5.32 Å². The summed E-state index contributed by atoms with van der Waals surface area (Å²) in [4.78, 5) is 0. The number of rotatable bonds is 2. The maximum absolute atomic E-state index is 3.66. The molecule has 0 atom stereocenters. The van der Waals surface area contributed by atoms with Gasteiger partial charge in [-0.05, 0) is 70.1 Å². The Morgan fingerprint density at radius 1 is 0.371 bits per heavy atom. The molecule has 0 spiro atoms. The summed E-state index contributed by atoms with van der Waals surface area (Å²) < 4.78 is 5.31. The van der Waals surface area contributed by atoms with Gasteiger partial charge in [-0.15, -0.1) is 22.7 Å². The predicted octanol–water partition coefficient (Wildman–Crippen LogP) is 10.5. The third-order valence-electron chi connectivity index (χ3n) is 6.97. The number of nitrogens with one attached hydrogen (secondary N) is 1. The maximum atomic E-state index is 3.66. The van der Waals surface area contributed by atoms with Crippen molar-refractivity contribution >= 4 is 95.9 Å². The van der Waals surface area contributed by atoms with Crippen LogP contribution in [0.4, 0.5) is 11.4 Å². The summed E-state index contributed by atoms with van der Waals surface area (Å²) in [6.45, 7) is 0. The lowest BCUT2D eigenvalue weighted by Crippen LogP contribution is -1.89. The highest BCUT2D eigenvalue weighted by molar-refractivity contribution is 7.26. The molecule has 0 radical (unpaired) electrons. The van der Waals surface area contributed by atoms with Crippen LogP contribution in [0, 0.1) is 0 Å². The molecular weight excluding hydrogens is 462 g/mol. The summed E-state index contributed by atoms with van der Waals surface area (Å²) >= 11 is 3.74. The first kappa shape index (κ1) is 19.4. The minimum absolute atomic E-state index is 1.12. The second-order valence-electron chi connectivity index (χ2n) is 9.14. The van der Waals surface area contributed by atoms with Crippen molar-refractivity contribution in [1.82, 2.24) is 0 Å². The lowest BCUT2D eigenvalue weighted by molar-refractivity contribution is 1.61. The number of hydrogen-bond acceptors (Lipinski definition) is 3. The Hall–Kier alpha value is -3.92. The van der Waals surface area contributed by atoms with E-state index in [1.165, 1.54) is 61.9 Å². The van der Waals surface area contributed by atoms with Crippen molar-refractivity contribution in [3.05, 3.63) is 109 Å². The van der Waals surface area contributed by atoms with Gasteiger partial charge in [0.05, 0.1) is 0 Å². The Balaban J connectivity index is 1.20. The average molecular weight is 482 g/mol. The van der Waals surface area contributed by atoms with Crippen molar-refractivity contribution in [1.29, 1.82) is 0 Å². The molecule has 35 heavy (non-hydrogen) atoms. The van der Waals surface area contributed by atoms with Crippen molar-refractivity contribution in [3.8, 4) is 0 Å². The molecule has 1 N–H and O–H groups in total.